The van der Waals surface area contributed by atoms with Gasteiger partial charge in [0.05, 0.1) is 13.2 Å². The van der Waals surface area contributed by atoms with Crippen LogP contribution in [0.25, 0.3) is 0 Å². The molecule has 228 valence electrons. The number of nitrogens with zero attached hydrogens (tertiary/aromatic N) is 2. The summed E-state index contributed by atoms with van der Waals surface area (Å²) in [6.45, 7) is 7.43. The highest BCUT2D eigenvalue weighted by Crippen LogP contribution is 2.38. The highest BCUT2D eigenvalue weighted by atomic mass is 19.1. The number of rotatable bonds is 14. The molecule has 11 heteroatoms. The quantitative estimate of drug-likeness (QED) is 0.184. The second-order valence-corrected chi connectivity index (χ2v) is 10.6. The number of aldehydes is 1. The summed E-state index contributed by atoms with van der Waals surface area (Å²) in [4.78, 5) is 58.8. The molecule has 4 rings (SSSR count). The van der Waals surface area contributed by atoms with Gasteiger partial charge in [-0.3, -0.25) is 18.7 Å². The number of hydrogen-bond acceptors (Lipinski definition) is 7. The Morgan fingerprint density at radius 3 is 1.60 bits per heavy atom. The van der Waals surface area contributed by atoms with Crippen LogP contribution in [0.2, 0.25) is 0 Å². The van der Waals surface area contributed by atoms with Crippen LogP contribution in [0, 0.1) is 23.5 Å². The number of pyridine rings is 2. The Bertz CT molecular complexity index is 1290. The predicted molar refractivity (Wildman–Crippen MR) is 151 cm³/mol. The molecule has 0 aliphatic heterocycles. The third-order valence-corrected chi connectivity index (χ3v) is 7.11. The maximum Gasteiger partial charge on any atom is 0.329 e. The van der Waals surface area contributed by atoms with Gasteiger partial charge in [-0.2, -0.15) is 0 Å². The maximum atomic E-state index is 13.8. The molecule has 2 unspecified atom stereocenters. The Balaban J connectivity index is 0.000000230. The Hall–Kier alpha value is -3.89. The lowest BCUT2D eigenvalue weighted by molar-refractivity contribution is -0.148. The minimum absolute atomic E-state index is 0.00380. The molecular formula is C31H38F2N2O7. The lowest BCUT2D eigenvalue weighted by atomic mass is 10.1. The zero-order chi connectivity index (χ0) is 30.8. The van der Waals surface area contributed by atoms with Crippen molar-refractivity contribution in [2.45, 2.75) is 77.3 Å². The number of esters is 2. The molecule has 0 spiro atoms. The smallest absolute Gasteiger partial charge is 0.329 e. The van der Waals surface area contributed by atoms with E-state index in [1.807, 2.05) is 0 Å². The van der Waals surface area contributed by atoms with Gasteiger partial charge >= 0.3 is 11.9 Å². The van der Waals surface area contributed by atoms with Gasteiger partial charge in [-0.05, 0) is 68.2 Å². The maximum absolute atomic E-state index is 13.8. The van der Waals surface area contributed by atoms with Crippen LogP contribution in [0.5, 0.6) is 0 Å². The number of hydrogen-bond donors (Lipinski definition) is 0. The number of halogens is 2. The second-order valence-electron chi connectivity index (χ2n) is 10.6. The van der Waals surface area contributed by atoms with E-state index in [9.17, 15) is 32.8 Å². The molecule has 0 N–H and O–H groups in total. The minimum atomic E-state index is -0.959. The lowest BCUT2D eigenvalue weighted by Crippen LogP contribution is -2.33. The van der Waals surface area contributed by atoms with Crippen molar-refractivity contribution in [1.82, 2.24) is 9.13 Å². The number of carbonyl (C=O) groups excluding carboxylic acids is 3. The monoisotopic (exact) mass is 588 g/mol. The van der Waals surface area contributed by atoms with Gasteiger partial charge in [0.15, 0.2) is 11.6 Å². The molecule has 2 aromatic heterocycles. The number of aromatic nitrogens is 2. The fraction of sp³-hybridized carbons (Fsp3) is 0.516. The molecule has 0 bridgehead atoms. The first kappa shape index (κ1) is 32.6. The molecule has 0 radical (unpaired) electrons. The molecule has 2 aliphatic carbocycles. The fourth-order valence-electron chi connectivity index (χ4n) is 4.66. The molecule has 2 heterocycles. The first-order valence-corrected chi connectivity index (χ1v) is 14.3. The average molecular weight is 589 g/mol. The van der Waals surface area contributed by atoms with Crippen molar-refractivity contribution in [3.8, 4) is 0 Å². The largest absolute Gasteiger partial charge is 0.464 e. The summed E-state index contributed by atoms with van der Waals surface area (Å²) < 4.78 is 39.8. The van der Waals surface area contributed by atoms with E-state index in [0.29, 0.717) is 48.5 Å². The van der Waals surface area contributed by atoms with Crippen LogP contribution in [0.3, 0.4) is 0 Å². The van der Waals surface area contributed by atoms with Gasteiger partial charge in [0.25, 0.3) is 11.1 Å². The summed E-state index contributed by atoms with van der Waals surface area (Å²) in [5.41, 5.74) is -0.649. The number of carbonyl (C=O) groups is 3. The van der Waals surface area contributed by atoms with Crippen molar-refractivity contribution in [2.24, 2.45) is 11.8 Å². The minimum Gasteiger partial charge on any atom is -0.464 e. The highest BCUT2D eigenvalue weighted by Gasteiger charge is 2.33. The Morgan fingerprint density at radius 1 is 0.857 bits per heavy atom. The molecule has 2 aliphatic rings. The highest BCUT2D eigenvalue weighted by molar-refractivity contribution is 5.74. The molecule has 2 fully saturated rings. The van der Waals surface area contributed by atoms with Crippen LogP contribution in [-0.2, 0) is 36.7 Å². The molecular weight excluding hydrogens is 550 g/mol. The van der Waals surface area contributed by atoms with E-state index in [4.69, 9.17) is 9.47 Å². The molecule has 9 nitrogen and oxygen atoms in total. The lowest BCUT2D eigenvalue weighted by Gasteiger charge is -2.19. The van der Waals surface area contributed by atoms with Crippen LogP contribution in [0.15, 0.2) is 46.8 Å². The summed E-state index contributed by atoms with van der Waals surface area (Å²) in [6.07, 6.45) is 10.7. The van der Waals surface area contributed by atoms with Gasteiger partial charge in [0.1, 0.15) is 18.4 Å². The standard InChI is InChI=1S/C16H20FNO3.C15H18FNO4/c1-3-5-12-8-13(17)15(19)18(10-12)14(9-11-6-7-11)16(20)21-4-2;1-2-21-15(20)13(8-10-3-4-10)17-9-11(5-6-18)7-12(16)14(17)19/h3,8,10-11,14H,1,4-7,9H2,2H3;6-7,9-10,13H,2-5,8H2,1H3. The van der Waals surface area contributed by atoms with Crippen molar-refractivity contribution in [3.05, 3.63) is 80.7 Å². The topological polar surface area (TPSA) is 114 Å². The van der Waals surface area contributed by atoms with Gasteiger partial charge < -0.3 is 14.3 Å². The van der Waals surface area contributed by atoms with Gasteiger partial charge in [0, 0.05) is 18.8 Å². The SMILES string of the molecule is C=CCc1cc(F)c(=O)n(C(CC2CC2)C(=O)OCC)c1.CCOC(=O)C(CC1CC1)n1cc(CC=O)cc(F)c1=O. The molecule has 2 atom stereocenters. The third kappa shape index (κ3) is 9.06. The molecule has 0 aromatic carbocycles. The van der Waals surface area contributed by atoms with E-state index in [-0.39, 0.29) is 19.6 Å². The van der Waals surface area contributed by atoms with Crippen molar-refractivity contribution < 1.29 is 32.6 Å². The summed E-state index contributed by atoms with van der Waals surface area (Å²) in [6, 6.07) is 0.655. The third-order valence-electron chi connectivity index (χ3n) is 7.11. The summed E-state index contributed by atoms with van der Waals surface area (Å²) in [5.74, 6) is -2.03. The molecule has 2 saturated carbocycles. The van der Waals surface area contributed by atoms with Crippen LogP contribution in [-0.4, -0.2) is 40.6 Å². The fourth-order valence-corrected chi connectivity index (χ4v) is 4.66. The zero-order valence-corrected chi connectivity index (χ0v) is 24.1. The molecule has 2 aromatic rings. The van der Waals surface area contributed by atoms with Crippen LogP contribution in [0.4, 0.5) is 8.78 Å². The van der Waals surface area contributed by atoms with Crippen molar-refractivity contribution >= 4 is 18.2 Å². The Kier molecular flexibility index (Phi) is 11.9. The molecule has 0 saturated heterocycles. The average Bonchev–Trinajstić information content (AvgIpc) is 3.88. The summed E-state index contributed by atoms with van der Waals surface area (Å²) in [5, 5.41) is 0. The normalized spacial score (nSPS) is 15.5. The van der Waals surface area contributed by atoms with Crippen LogP contribution >= 0.6 is 0 Å². The van der Waals surface area contributed by atoms with E-state index < -0.39 is 46.8 Å². The van der Waals surface area contributed by atoms with Crippen molar-refractivity contribution in [3.63, 3.8) is 0 Å². The Morgan fingerprint density at radius 2 is 1.26 bits per heavy atom. The van der Waals surface area contributed by atoms with Crippen LogP contribution in [0.1, 0.15) is 75.6 Å². The molecule has 42 heavy (non-hydrogen) atoms. The summed E-state index contributed by atoms with van der Waals surface area (Å²) >= 11 is 0. The Labute approximate surface area is 243 Å². The number of ether oxygens (including phenoxy) is 2. The van der Waals surface area contributed by atoms with Crippen LogP contribution < -0.4 is 11.1 Å². The van der Waals surface area contributed by atoms with Gasteiger partial charge in [0.2, 0.25) is 0 Å². The number of allylic oxidation sites excluding steroid dienone is 1. The van der Waals surface area contributed by atoms with Gasteiger partial charge in [-0.1, -0.05) is 31.8 Å². The van der Waals surface area contributed by atoms with E-state index in [2.05, 4.69) is 6.58 Å². The first-order valence-electron chi connectivity index (χ1n) is 14.3. The van der Waals surface area contributed by atoms with E-state index in [1.54, 1.807) is 19.9 Å². The van der Waals surface area contributed by atoms with Crippen molar-refractivity contribution in [1.29, 1.82) is 0 Å². The van der Waals surface area contributed by atoms with Gasteiger partial charge in [-0.25, -0.2) is 18.4 Å². The van der Waals surface area contributed by atoms with Crippen molar-refractivity contribution in [2.75, 3.05) is 13.2 Å². The zero-order valence-electron chi connectivity index (χ0n) is 24.1. The van der Waals surface area contributed by atoms with E-state index in [1.165, 1.54) is 23.0 Å². The van der Waals surface area contributed by atoms with E-state index in [0.717, 1.165) is 36.3 Å². The summed E-state index contributed by atoms with van der Waals surface area (Å²) in [7, 11) is 0. The van der Waals surface area contributed by atoms with Gasteiger partial charge in [-0.15, -0.1) is 6.58 Å². The molecule has 0 amide bonds. The van der Waals surface area contributed by atoms with E-state index >= 15 is 0 Å². The first-order chi connectivity index (χ1) is 20.1. The predicted octanol–water partition coefficient (Wildman–Crippen LogP) is 4.25. The second kappa shape index (κ2) is 15.4.